The zero-order chi connectivity index (χ0) is 22.2. The number of fused-ring (bicyclic) bond motifs is 1. The van der Waals surface area contributed by atoms with Crippen LogP contribution in [-0.2, 0) is 11.3 Å². The fraction of sp³-hybridized carbons (Fsp3) is 0.375. The van der Waals surface area contributed by atoms with Crippen molar-refractivity contribution in [2.24, 2.45) is 0 Å². The molecule has 0 bridgehead atoms. The molecule has 2 aromatic carbocycles. The van der Waals surface area contributed by atoms with Crippen LogP contribution in [0, 0.1) is 0 Å². The SMILES string of the molecule is CCN(CC)CCOC(=O)c1c(COc2ccc(OC)cc2)oc2ccc(OC)cc12. The molecule has 3 aromatic rings. The zero-order valence-corrected chi connectivity index (χ0v) is 18.5. The van der Waals surface area contributed by atoms with Gasteiger partial charge < -0.3 is 28.3 Å². The smallest absolute Gasteiger partial charge is 0.342 e. The summed E-state index contributed by atoms with van der Waals surface area (Å²) in [7, 11) is 3.19. The van der Waals surface area contributed by atoms with Gasteiger partial charge in [-0.2, -0.15) is 0 Å². The first-order valence-corrected chi connectivity index (χ1v) is 10.3. The number of methoxy groups -OCH3 is 2. The molecule has 0 amide bonds. The van der Waals surface area contributed by atoms with Gasteiger partial charge in [0.15, 0.2) is 5.76 Å². The molecular weight excluding hydrogens is 398 g/mol. The molecule has 0 N–H and O–H groups in total. The summed E-state index contributed by atoms with van der Waals surface area (Å²) in [6.07, 6.45) is 0. The molecule has 0 aliphatic heterocycles. The summed E-state index contributed by atoms with van der Waals surface area (Å²) in [6.45, 7) is 7.03. The molecule has 3 rings (SSSR count). The van der Waals surface area contributed by atoms with Crippen molar-refractivity contribution < 1.29 is 28.2 Å². The Kier molecular flexibility index (Phi) is 7.78. The highest BCUT2D eigenvalue weighted by atomic mass is 16.5. The van der Waals surface area contributed by atoms with E-state index in [4.69, 9.17) is 23.4 Å². The predicted molar refractivity (Wildman–Crippen MR) is 118 cm³/mol. The lowest BCUT2D eigenvalue weighted by Crippen LogP contribution is -2.28. The second-order valence-electron chi connectivity index (χ2n) is 6.89. The number of likely N-dealkylation sites (N-methyl/N-ethyl adjacent to an activating group) is 1. The van der Waals surface area contributed by atoms with Crippen LogP contribution in [0.2, 0.25) is 0 Å². The number of carbonyl (C=O) groups is 1. The van der Waals surface area contributed by atoms with Crippen molar-refractivity contribution in [2.45, 2.75) is 20.5 Å². The van der Waals surface area contributed by atoms with Gasteiger partial charge in [0.2, 0.25) is 0 Å². The molecule has 0 aliphatic rings. The molecule has 0 saturated carbocycles. The Balaban J connectivity index is 1.82. The number of furan rings is 1. The van der Waals surface area contributed by atoms with Gasteiger partial charge in [-0.05, 0) is 55.6 Å². The first-order valence-electron chi connectivity index (χ1n) is 10.3. The third kappa shape index (κ3) is 5.49. The Bertz CT molecular complexity index is 991. The van der Waals surface area contributed by atoms with Gasteiger partial charge in [-0.25, -0.2) is 4.79 Å². The minimum absolute atomic E-state index is 0.0871. The summed E-state index contributed by atoms with van der Waals surface area (Å²) in [5.41, 5.74) is 0.937. The summed E-state index contributed by atoms with van der Waals surface area (Å²) < 4.78 is 27.8. The topological polar surface area (TPSA) is 70.4 Å². The first-order chi connectivity index (χ1) is 15.1. The molecule has 0 fully saturated rings. The van der Waals surface area contributed by atoms with E-state index in [1.807, 2.05) is 0 Å². The van der Waals surface area contributed by atoms with Crippen LogP contribution in [-0.4, -0.2) is 51.3 Å². The maximum absolute atomic E-state index is 13.0. The monoisotopic (exact) mass is 427 g/mol. The molecule has 0 radical (unpaired) electrons. The van der Waals surface area contributed by atoms with E-state index in [1.165, 1.54) is 0 Å². The van der Waals surface area contributed by atoms with Crippen molar-refractivity contribution in [3.63, 3.8) is 0 Å². The predicted octanol–water partition coefficient (Wildman–Crippen LogP) is 4.53. The lowest BCUT2D eigenvalue weighted by atomic mass is 10.1. The second-order valence-corrected chi connectivity index (χ2v) is 6.89. The van der Waals surface area contributed by atoms with E-state index < -0.39 is 5.97 Å². The molecule has 0 saturated heterocycles. The third-order valence-corrected chi connectivity index (χ3v) is 5.14. The molecule has 31 heavy (non-hydrogen) atoms. The van der Waals surface area contributed by atoms with Crippen LogP contribution in [0.1, 0.15) is 30.0 Å². The van der Waals surface area contributed by atoms with Gasteiger partial charge in [-0.3, -0.25) is 0 Å². The van der Waals surface area contributed by atoms with Crippen LogP contribution in [0.5, 0.6) is 17.2 Å². The van der Waals surface area contributed by atoms with Crippen molar-refractivity contribution >= 4 is 16.9 Å². The fourth-order valence-electron chi connectivity index (χ4n) is 3.28. The van der Waals surface area contributed by atoms with E-state index in [1.54, 1.807) is 56.7 Å². The number of carbonyl (C=O) groups excluding carboxylic acids is 1. The van der Waals surface area contributed by atoms with Crippen LogP contribution in [0.4, 0.5) is 0 Å². The quantitative estimate of drug-likeness (QED) is 0.417. The van der Waals surface area contributed by atoms with Gasteiger partial charge in [-0.15, -0.1) is 0 Å². The van der Waals surface area contributed by atoms with E-state index in [-0.39, 0.29) is 6.61 Å². The average molecular weight is 427 g/mol. The lowest BCUT2D eigenvalue weighted by Gasteiger charge is -2.17. The maximum Gasteiger partial charge on any atom is 0.342 e. The lowest BCUT2D eigenvalue weighted by molar-refractivity contribution is 0.0463. The van der Waals surface area contributed by atoms with Crippen molar-refractivity contribution in [3.05, 3.63) is 53.8 Å². The Morgan fingerprint density at radius 3 is 2.23 bits per heavy atom. The number of nitrogens with zero attached hydrogens (tertiary/aromatic N) is 1. The van der Waals surface area contributed by atoms with Gasteiger partial charge in [0.25, 0.3) is 0 Å². The van der Waals surface area contributed by atoms with Gasteiger partial charge in [0.05, 0.1) is 14.2 Å². The average Bonchev–Trinajstić information content (AvgIpc) is 3.18. The van der Waals surface area contributed by atoms with Gasteiger partial charge in [-0.1, -0.05) is 13.8 Å². The summed E-state index contributed by atoms with van der Waals surface area (Å²) in [6, 6.07) is 12.5. The molecule has 7 heteroatoms. The van der Waals surface area contributed by atoms with Gasteiger partial charge in [0, 0.05) is 11.9 Å². The van der Waals surface area contributed by atoms with E-state index in [2.05, 4.69) is 18.7 Å². The number of rotatable bonds is 11. The van der Waals surface area contributed by atoms with Crippen LogP contribution in [0.3, 0.4) is 0 Å². The molecule has 0 aliphatic carbocycles. The molecule has 0 spiro atoms. The molecule has 166 valence electrons. The molecule has 0 atom stereocenters. The first kappa shape index (κ1) is 22.5. The minimum atomic E-state index is -0.438. The molecule has 1 aromatic heterocycles. The van der Waals surface area contributed by atoms with E-state index >= 15 is 0 Å². The number of esters is 1. The number of hydrogen-bond donors (Lipinski definition) is 0. The Labute approximate surface area is 182 Å². The molecule has 7 nitrogen and oxygen atoms in total. The maximum atomic E-state index is 13.0. The van der Waals surface area contributed by atoms with Crippen LogP contribution < -0.4 is 14.2 Å². The molecular formula is C24H29NO6. The van der Waals surface area contributed by atoms with Crippen molar-refractivity contribution in [2.75, 3.05) is 40.5 Å². The largest absolute Gasteiger partial charge is 0.497 e. The van der Waals surface area contributed by atoms with Crippen LogP contribution >= 0.6 is 0 Å². The summed E-state index contributed by atoms with van der Waals surface area (Å²) in [5.74, 6) is 1.98. The Morgan fingerprint density at radius 1 is 0.935 bits per heavy atom. The van der Waals surface area contributed by atoms with Crippen molar-refractivity contribution in [3.8, 4) is 17.2 Å². The highest BCUT2D eigenvalue weighted by molar-refractivity contribution is 6.05. The Hall–Kier alpha value is -3.19. The summed E-state index contributed by atoms with van der Waals surface area (Å²) >= 11 is 0. The normalized spacial score (nSPS) is 11.0. The van der Waals surface area contributed by atoms with E-state index in [0.29, 0.717) is 46.9 Å². The van der Waals surface area contributed by atoms with Crippen LogP contribution in [0.25, 0.3) is 11.0 Å². The highest BCUT2D eigenvalue weighted by Crippen LogP contribution is 2.31. The fourth-order valence-corrected chi connectivity index (χ4v) is 3.28. The van der Waals surface area contributed by atoms with E-state index in [9.17, 15) is 4.79 Å². The Morgan fingerprint density at radius 2 is 1.58 bits per heavy atom. The van der Waals surface area contributed by atoms with Gasteiger partial charge >= 0.3 is 5.97 Å². The zero-order valence-electron chi connectivity index (χ0n) is 18.5. The van der Waals surface area contributed by atoms with Gasteiger partial charge in [0.1, 0.15) is 41.6 Å². The number of hydrogen-bond acceptors (Lipinski definition) is 7. The molecule has 0 unspecified atom stereocenters. The standard InChI is InChI=1S/C24H29NO6/c1-5-25(6-2)13-14-29-24(26)23-20-15-19(28-4)11-12-21(20)31-22(23)16-30-18-9-7-17(27-3)8-10-18/h7-12,15H,5-6,13-14,16H2,1-4H3. The van der Waals surface area contributed by atoms with E-state index in [0.717, 1.165) is 18.8 Å². The minimum Gasteiger partial charge on any atom is -0.497 e. The number of ether oxygens (including phenoxy) is 4. The highest BCUT2D eigenvalue weighted by Gasteiger charge is 2.23. The third-order valence-electron chi connectivity index (χ3n) is 5.14. The van der Waals surface area contributed by atoms with Crippen molar-refractivity contribution in [1.29, 1.82) is 0 Å². The second kappa shape index (κ2) is 10.7. The van der Waals surface area contributed by atoms with Crippen LogP contribution in [0.15, 0.2) is 46.9 Å². The summed E-state index contributed by atoms with van der Waals surface area (Å²) in [4.78, 5) is 15.2. The number of benzene rings is 2. The molecule has 1 heterocycles. The summed E-state index contributed by atoms with van der Waals surface area (Å²) in [5, 5.41) is 0.639. The van der Waals surface area contributed by atoms with Crippen molar-refractivity contribution in [1.82, 2.24) is 4.90 Å².